The smallest absolute Gasteiger partial charge is 0.0259 e. The maximum absolute atomic E-state index is 3.25. The highest BCUT2D eigenvalue weighted by atomic mass is 15.1. The van der Waals surface area contributed by atoms with Crippen LogP contribution in [-0.2, 0) is 0 Å². The summed E-state index contributed by atoms with van der Waals surface area (Å²) in [6, 6.07) is 0.588. The van der Waals surface area contributed by atoms with Gasteiger partial charge in [0.25, 0.3) is 0 Å². The van der Waals surface area contributed by atoms with E-state index in [2.05, 4.69) is 29.4 Å². The Balaban J connectivity index is 2.38. The summed E-state index contributed by atoms with van der Waals surface area (Å²) < 4.78 is 0. The molecule has 0 saturated heterocycles. The third-order valence-corrected chi connectivity index (χ3v) is 1.98. The summed E-state index contributed by atoms with van der Waals surface area (Å²) in [7, 11) is 4.17. The summed E-state index contributed by atoms with van der Waals surface area (Å²) in [6.07, 6.45) is 5.71. The fraction of sp³-hybridized carbons (Fsp3) is 0.750. The normalized spacial score (nSPS) is 28.4. The van der Waals surface area contributed by atoms with Gasteiger partial charge in [-0.1, -0.05) is 12.2 Å². The van der Waals surface area contributed by atoms with E-state index in [0.717, 1.165) is 6.54 Å². The number of likely N-dealkylation sites (N-methyl/N-ethyl adjacent to an activating group) is 2. The van der Waals surface area contributed by atoms with Crippen LogP contribution in [0.25, 0.3) is 0 Å². The largest absolute Gasteiger partial charge is 0.313 e. The Hall–Kier alpha value is -0.340. The van der Waals surface area contributed by atoms with Gasteiger partial charge in [0.05, 0.1) is 0 Å². The van der Waals surface area contributed by atoms with Gasteiger partial charge in [-0.05, 0) is 27.1 Å². The minimum atomic E-state index is 0.588. The van der Waals surface area contributed by atoms with Crippen molar-refractivity contribution in [1.82, 2.24) is 10.2 Å². The standard InChI is InChI=1S/C8H16N2/c1-9-8-4-3-6-10(2)7-5-8/h3-4,8-9H,5-7H2,1-2H3. The van der Waals surface area contributed by atoms with Crippen LogP contribution in [0, 0.1) is 0 Å². The maximum atomic E-state index is 3.25. The van der Waals surface area contributed by atoms with Gasteiger partial charge in [-0.15, -0.1) is 0 Å². The van der Waals surface area contributed by atoms with Crippen molar-refractivity contribution in [3.05, 3.63) is 12.2 Å². The minimum absolute atomic E-state index is 0.588. The van der Waals surface area contributed by atoms with Crippen molar-refractivity contribution in [2.45, 2.75) is 12.5 Å². The monoisotopic (exact) mass is 140 g/mol. The summed E-state index contributed by atoms with van der Waals surface area (Å²) in [6.45, 7) is 2.29. The highest BCUT2D eigenvalue weighted by Crippen LogP contribution is 2.00. The molecule has 2 nitrogen and oxygen atoms in total. The van der Waals surface area contributed by atoms with E-state index in [-0.39, 0.29) is 0 Å². The molecular weight excluding hydrogens is 124 g/mol. The number of rotatable bonds is 1. The molecule has 1 atom stereocenters. The first-order valence-corrected chi connectivity index (χ1v) is 3.85. The van der Waals surface area contributed by atoms with Gasteiger partial charge in [0.15, 0.2) is 0 Å². The van der Waals surface area contributed by atoms with Crippen molar-refractivity contribution in [1.29, 1.82) is 0 Å². The molecule has 1 unspecified atom stereocenters. The number of hydrogen-bond donors (Lipinski definition) is 1. The van der Waals surface area contributed by atoms with Gasteiger partial charge in [-0.2, -0.15) is 0 Å². The van der Waals surface area contributed by atoms with Crippen molar-refractivity contribution in [3.8, 4) is 0 Å². The molecule has 0 aromatic heterocycles. The van der Waals surface area contributed by atoms with E-state index in [1.807, 2.05) is 7.05 Å². The third kappa shape index (κ3) is 2.12. The molecule has 0 amide bonds. The van der Waals surface area contributed by atoms with Crippen molar-refractivity contribution in [3.63, 3.8) is 0 Å². The second-order valence-electron chi connectivity index (χ2n) is 2.87. The molecule has 2 heteroatoms. The molecule has 0 spiro atoms. The molecule has 10 heavy (non-hydrogen) atoms. The molecule has 0 aromatic carbocycles. The fourth-order valence-corrected chi connectivity index (χ4v) is 1.19. The zero-order valence-corrected chi connectivity index (χ0v) is 6.80. The molecule has 1 N–H and O–H groups in total. The van der Waals surface area contributed by atoms with E-state index in [4.69, 9.17) is 0 Å². The Labute approximate surface area is 62.9 Å². The van der Waals surface area contributed by atoms with Gasteiger partial charge in [0.2, 0.25) is 0 Å². The molecule has 0 aliphatic carbocycles. The minimum Gasteiger partial charge on any atom is -0.313 e. The Kier molecular flexibility index (Phi) is 2.90. The molecule has 0 fully saturated rings. The van der Waals surface area contributed by atoms with Crippen molar-refractivity contribution in [2.24, 2.45) is 0 Å². The molecule has 0 bridgehead atoms. The lowest BCUT2D eigenvalue weighted by Crippen LogP contribution is -2.26. The lowest BCUT2D eigenvalue weighted by molar-refractivity contribution is 0.360. The Morgan fingerprint density at radius 2 is 2.40 bits per heavy atom. The molecule has 1 aliphatic heterocycles. The lowest BCUT2D eigenvalue weighted by Gasteiger charge is -2.13. The second kappa shape index (κ2) is 3.74. The lowest BCUT2D eigenvalue weighted by atomic mass is 10.2. The first-order chi connectivity index (χ1) is 4.83. The van der Waals surface area contributed by atoms with Crippen LogP contribution in [-0.4, -0.2) is 38.1 Å². The van der Waals surface area contributed by atoms with Gasteiger partial charge in [0, 0.05) is 12.6 Å². The number of nitrogens with zero attached hydrogens (tertiary/aromatic N) is 1. The van der Waals surface area contributed by atoms with E-state index < -0.39 is 0 Å². The second-order valence-corrected chi connectivity index (χ2v) is 2.87. The topological polar surface area (TPSA) is 15.3 Å². The van der Waals surface area contributed by atoms with E-state index in [9.17, 15) is 0 Å². The third-order valence-electron chi connectivity index (χ3n) is 1.98. The number of hydrogen-bond acceptors (Lipinski definition) is 2. The van der Waals surface area contributed by atoms with Crippen LogP contribution in [0.4, 0.5) is 0 Å². The summed E-state index contributed by atoms with van der Waals surface area (Å²) in [5.41, 5.74) is 0. The Bertz CT molecular complexity index is 120. The van der Waals surface area contributed by atoms with Gasteiger partial charge >= 0.3 is 0 Å². The summed E-state index contributed by atoms with van der Waals surface area (Å²) in [4.78, 5) is 2.33. The van der Waals surface area contributed by atoms with E-state index in [0.29, 0.717) is 6.04 Å². The quantitative estimate of drug-likeness (QED) is 0.532. The molecule has 0 radical (unpaired) electrons. The van der Waals surface area contributed by atoms with Gasteiger partial charge in [-0.3, -0.25) is 0 Å². The van der Waals surface area contributed by atoms with Crippen LogP contribution in [0.3, 0.4) is 0 Å². The maximum Gasteiger partial charge on any atom is 0.0259 e. The SMILES string of the molecule is CNC1C=CCN(C)CC1. The van der Waals surface area contributed by atoms with Gasteiger partial charge in [0.1, 0.15) is 0 Å². The molecule has 1 rings (SSSR count). The van der Waals surface area contributed by atoms with Crippen LogP contribution in [0.15, 0.2) is 12.2 Å². The molecule has 0 aromatic rings. The molecule has 58 valence electrons. The van der Waals surface area contributed by atoms with Crippen molar-refractivity contribution >= 4 is 0 Å². The van der Waals surface area contributed by atoms with Crippen molar-refractivity contribution < 1.29 is 0 Å². The fourth-order valence-electron chi connectivity index (χ4n) is 1.19. The van der Waals surface area contributed by atoms with E-state index in [1.165, 1.54) is 13.0 Å². The summed E-state index contributed by atoms with van der Waals surface area (Å²) in [5, 5.41) is 3.25. The van der Waals surface area contributed by atoms with Crippen LogP contribution >= 0.6 is 0 Å². The zero-order valence-electron chi connectivity index (χ0n) is 6.80. The highest BCUT2D eigenvalue weighted by molar-refractivity contribution is 4.96. The Morgan fingerprint density at radius 1 is 1.60 bits per heavy atom. The molecule has 1 aliphatic rings. The molecular formula is C8H16N2. The average Bonchev–Trinajstić information content (AvgIpc) is 2.14. The van der Waals surface area contributed by atoms with Gasteiger partial charge in [-0.25, -0.2) is 0 Å². The Morgan fingerprint density at radius 3 is 3.10 bits per heavy atom. The highest BCUT2D eigenvalue weighted by Gasteiger charge is 2.06. The predicted molar refractivity (Wildman–Crippen MR) is 44.1 cm³/mol. The van der Waals surface area contributed by atoms with E-state index >= 15 is 0 Å². The first kappa shape index (κ1) is 7.76. The first-order valence-electron chi connectivity index (χ1n) is 3.85. The zero-order chi connectivity index (χ0) is 7.40. The van der Waals surface area contributed by atoms with Crippen LogP contribution < -0.4 is 5.32 Å². The van der Waals surface area contributed by atoms with Gasteiger partial charge < -0.3 is 10.2 Å². The van der Waals surface area contributed by atoms with Crippen LogP contribution in [0.2, 0.25) is 0 Å². The average molecular weight is 140 g/mol. The summed E-state index contributed by atoms with van der Waals surface area (Å²) in [5.74, 6) is 0. The summed E-state index contributed by atoms with van der Waals surface area (Å²) >= 11 is 0. The van der Waals surface area contributed by atoms with E-state index in [1.54, 1.807) is 0 Å². The number of nitrogens with one attached hydrogen (secondary N) is 1. The van der Waals surface area contributed by atoms with Crippen LogP contribution in [0.1, 0.15) is 6.42 Å². The molecule has 1 heterocycles. The molecule has 0 saturated carbocycles. The predicted octanol–water partition coefficient (Wildman–Crippen LogP) is 0.466. The van der Waals surface area contributed by atoms with Crippen LogP contribution in [0.5, 0.6) is 0 Å². The van der Waals surface area contributed by atoms with Crippen molar-refractivity contribution in [2.75, 3.05) is 27.2 Å².